The topological polar surface area (TPSA) is 52.0 Å². The van der Waals surface area contributed by atoms with Crippen LogP contribution in [-0.4, -0.2) is 5.16 Å². The van der Waals surface area contributed by atoms with Gasteiger partial charge >= 0.3 is 0 Å². The van der Waals surface area contributed by atoms with Crippen LogP contribution in [0.25, 0.3) is 11.3 Å². The Balaban J connectivity index is 2.55. The van der Waals surface area contributed by atoms with Gasteiger partial charge in [-0.1, -0.05) is 28.4 Å². The van der Waals surface area contributed by atoms with Gasteiger partial charge in [0.15, 0.2) is 11.6 Å². The van der Waals surface area contributed by atoms with E-state index in [0.717, 1.165) is 11.1 Å². The molecule has 0 unspecified atom stereocenters. The molecule has 0 fully saturated rings. The van der Waals surface area contributed by atoms with Crippen molar-refractivity contribution in [3.8, 4) is 11.3 Å². The predicted octanol–water partition coefficient (Wildman–Crippen LogP) is 3.54. The zero-order chi connectivity index (χ0) is 11.0. The average Bonchev–Trinajstić information content (AvgIpc) is 2.53. The van der Waals surface area contributed by atoms with Crippen LogP contribution < -0.4 is 5.73 Å². The van der Waals surface area contributed by atoms with E-state index >= 15 is 0 Å². The highest BCUT2D eigenvalue weighted by Crippen LogP contribution is 2.31. The maximum Gasteiger partial charge on any atom is 0.172 e. The van der Waals surface area contributed by atoms with E-state index in [0.29, 0.717) is 21.6 Å². The lowest BCUT2D eigenvalue weighted by atomic mass is 10.1. The van der Waals surface area contributed by atoms with Crippen LogP contribution in [0.15, 0.2) is 22.7 Å². The Morgan fingerprint density at radius 2 is 2.00 bits per heavy atom. The summed E-state index contributed by atoms with van der Waals surface area (Å²) in [5.74, 6) is 1.00. The number of anilines is 1. The maximum absolute atomic E-state index is 5.90. The van der Waals surface area contributed by atoms with Gasteiger partial charge in [-0.05, 0) is 25.1 Å². The Morgan fingerprint density at radius 3 is 2.53 bits per heavy atom. The summed E-state index contributed by atoms with van der Waals surface area (Å²) in [5, 5.41) is 4.65. The van der Waals surface area contributed by atoms with Crippen molar-refractivity contribution in [2.24, 2.45) is 0 Å². The minimum Gasteiger partial charge on any atom is -0.381 e. The minimum absolute atomic E-state index is 0.385. The van der Waals surface area contributed by atoms with Gasteiger partial charge in [-0.25, -0.2) is 0 Å². The van der Waals surface area contributed by atoms with E-state index in [2.05, 4.69) is 5.16 Å². The first-order valence-corrected chi connectivity index (χ1v) is 5.02. The van der Waals surface area contributed by atoms with E-state index in [9.17, 15) is 0 Å². The Kier molecular flexibility index (Phi) is 2.59. The monoisotopic (exact) mass is 242 g/mol. The highest BCUT2D eigenvalue weighted by atomic mass is 35.5. The maximum atomic E-state index is 5.90. The zero-order valence-electron chi connectivity index (χ0n) is 7.92. The third kappa shape index (κ3) is 1.80. The minimum atomic E-state index is 0.385. The van der Waals surface area contributed by atoms with Gasteiger partial charge in [-0.15, -0.1) is 0 Å². The standard InChI is InChI=1S/C10H8Cl2N2O/c1-5-9(15-14-10(5)13)6-2-3-7(11)8(12)4-6/h2-4H,1H3,(H2,13,14). The number of benzene rings is 1. The Bertz CT molecular complexity index is 508. The molecule has 1 heterocycles. The molecule has 0 radical (unpaired) electrons. The molecule has 2 rings (SSSR count). The van der Waals surface area contributed by atoms with Crippen molar-refractivity contribution in [1.29, 1.82) is 0 Å². The molecule has 1 aromatic heterocycles. The van der Waals surface area contributed by atoms with Crippen LogP contribution in [0.4, 0.5) is 5.82 Å². The molecule has 0 aliphatic heterocycles. The number of nitrogens with zero attached hydrogens (tertiary/aromatic N) is 1. The molecular weight excluding hydrogens is 235 g/mol. The van der Waals surface area contributed by atoms with E-state index in [1.807, 2.05) is 6.92 Å². The summed E-state index contributed by atoms with van der Waals surface area (Å²) in [6, 6.07) is 5.23. The average molecular weight is 243 g/mol. The predicted molar refractivity (Wildman–Crippen MR) is 61.1 cm³/mol. The SMILES string of the molecule is Cc1c(N)noc1-c1ccc(Cl)c(Cl)c1. The number of nitrogens with two attached hydrogens (primary N) is 1. The zero-order valence-corrected chi connectivity index (χ0v) is 9.43. The Labute approximate surface area is 96.8 Å². The molecule has 0 bridgehead atoms. The largest absolute Gasteiger partial charge is 0.381 e. The number of aromatic nitrogens is 1. The second kappa shape index (κ2) is 3.76. The molecule has 2 aromatic rings. The van der Waals surface area contributed by atoms with Gasteiger partial charge in [-0.3, -0.25) is 0 Å². The fraction of sp³-hybridized carbons (Fsp3) is 0.100. The first-order valence-electron chi connectivity index (χ1n) is 4.26. The van der Waals surface area contributed by atoms with Crippen molar-refractivity contribution < 1.29 is 4.52 Å². The number of rotatable bonds is 1. The first-order chi connectivity index (χ1) is 7.09. The van der Waals surface area contributed by atoms with E-state index in [1.165, 1.54) is 0 Å². The summed E-state index contributed by atoms with van der Waals surface area (Å²) in [7, 11) is 0. The molecule has 15 heavy (non-hydrogen) atoms. The molecule has 1 aromatic carbocycles. The van der Waals surface area contributed by atoms with Gasteiger partial charge in [0.05, 0.1) is 10.0 Å². The van der Waals surface area contributed by atoms with Crippen LogP contribution in [0.1, 0.15) is 5.56 Å². The van der Waals surface area contributed by atoms with Crippen molar-refractivity contribution in [3.05, 3.63) is 33.8 Å². The van der Waals surface area contributed by atoms with Gasteiger partial charge in [0.2, 0.25) is 0 Å². The molecule has 0 atom stereocenters. The molecule has 0 aliphatic rings. The fourth-order valence-electron chi connectivity index (χ4n) is 1.25. The highest BCUT2D eigenvalue weighted by Gasteiger charge is 2.12. The van der Waals surface area contributed by atoms with Crippen LogP contribution in [-0.2, 0) is 0 Å². The fourth-order valence-corrected chi connectivity index (χ4v) is 1.55. The van der Waals surface area contributed by atoms with Gasteiger partial charge in [-0.2, -0.15) is 0 Å². The number of nitrogen functional groups attached to an aromatic ring is 1. The van der Waals surface area contributed by atoms with Gasteiger partial charge in [0, 0.05) is 11.1 Å². The Morgan fingerprint density at radius 1 is 1.27 bits per heavy atom. The van der Waals surface area contributed by atoms with Crippen molar-refractivity contribution in [2.45, 2.75) is 6.92 Å². The summed E-state index contributed by atoms with van der Waals surface area (Å²) in [6.45, 7) is 1.84. The molecule has 0 saturated carbocycles. The quantitative estimate of drug-likeness (QED) is 0.833. The molecule has 0 aliphatic carbocycles. The van der Waals surface area contributed by atoms with Gasteiger partial charge in [0.25, 0.3) is 0 Å². The smallest absolute Gasteiger partial charge is 0.172 e. The van der Waals surface area contributed by atoms with Crippen molar-refractivity contribution in [2.75, 3.05) is 5.73 Å². The van der Waals surface area contributed by atoms with Crippen molar-refractivity contribution >= 4 is 29.0 Å². The molecule has 3 nitrogen and oxygen atoms in total. The molecule has 5 heteroatoms. The molecule has 0 amide bonds. The van der Waals surface area contributed by atoms with E-state index < -0.39 is 0 Å². The van der Waals surface area contributed by atoms with E-state index in [-0.39, 0.29) is 0 Å². The van der Waals surface area contributed by atoms with Gasteiger partial charge in [0.1, 0.15) is 0 Å². The Hall–Kier alpha value is -1.19. The number of halogens is 2. The van der Waals surface area contributed by atoms with E-state index in [4.69, 9.17) is 33.5 Å². The molecule has 0 spiro atoms. The molecule has 2 N–H and O–H groups in total. The normalized spacial score (nSPS) is 10.6. The van der Waals surface area contributed by atoms with Gasteiger partial charge < -0.3 is 10.3 Å². The summed E-state index contributed by atoms with van der Waals surface area (Å²) in [5.41, 5.74) is 7.19. The third-order valence-corrected chi connectivity index (χ3v) is 2.88. The highest BCUT2D eigenvalue weighted by molar-refractivity contribution is 6.42. The summed E-state index contributed by atoms with van der Waals surface area (Å²) < 4.78 is 5.10. The van der Waals surface area contributed by atoms with Crippen LogP contribution in [0.3, 0.4) is 0 Å². The lowest BCUT2D eigenvalue weighted by molar-refractivity contribution is 0.435. The number of hydrogen-bond acceptors (Lipinski definition) is 3. The first kappa shape index (κ1) is 10.3. The van der Waals surface area contributed by atoms with Crippen LogP contribution in [0.2, 0.25) is 10.0 Å². The van der Waals surface area contributed by atoms with Crippen LogP contribution >= 0.6 is 23.2 Å². The summed E-state index contributed by atoms with van der Waals surface area (Å²) in [6.07, 6.45) is 0. The van der Waals surface area contributed by atoms with Crippen molar-refractivity contribution in [3.63, 3.8) is 0 Å². The summed E-state index contributed by atoms with van der Waals surface area (Å²) in [4.78, 5) is 0. The summed E-state index contributed by atoms with van der Waals surface area (Å²) >= 11 is 11.7. The second-order valence-corrected chi connectivity index (χ2v) is 3.97. The van der Waals surface area contributed by atoms with Crippen LogP contribution in [0.5, 0.6) is 0 Å². The molecule has 78 valence electrons. The van der Waals surface area contributed by atoms with Crippen molar-refractivity contribution in [1.82, 2.24) is 5.16 Å². The molecular formula is C10H8Cl2N2O. The second-order valence-electron chi connectivity index (χ2n) is 3.15. The number of hydrogen-bond donors (Lipinski definition) is 1. The lowest BCUT2D eigenvalue weighted by Gasteiger charge is -1.99. The molecule has 0 saturated heterocycles. The lowest BCUT2D eigenvalue weighted by Crippen LogP contribution is -1.86. The third-order valence-electron chi connectivity index (χ3n) is 2.14. The van der Waals surface area contributed by atoms with Crippen LogP contribution in [0, 0.1) is 6.92 Å². The van der Waals surface area contributed by atoms with E-state index in [1.54, 1.807) is 18.2 Å².